The van der Waals surface area contributed by atoms with Crippen LogP contribution in [0.5, 0.6) is 5.75 Å². The number of rotatable bonds is 8. The number of benzene rings is 3. The molecule has 1 aliphatic heterocycles. The van der Waals surface area contributed by atoms with Gasteiger partial charge in [0.25, 0.3) is 5.91 Å². The molecule has 34 heavy (non-hydrogen) atoms. The van der Waals surface area contributed by atoms with Crippen molar-refractivity contribution in [2.24, 2.45) is 0 Å². The second kappa shape index (κ2) is 9.81. The first-order valence-corrected chi connectivity index (χ1v) is 11.6. The molecule has 1 unspecified atom stereocenters. The van der Waals surface area contributed by atoms with Crippen LogP contribution in [-0.2, 0) is 22.4 Å². The average Bonchev–Trinajstić information content (AvgIpc) is 3.07. The molecule has 0 radical (unpaired) electrons. The number of carbonyl (C=O) groups excluding carboxylic acids is 2. The molecule has 1 aliphatic rings. The number of anilines is 1. The zero-order valence-corrected chi connectivity index (χ0v) is 19.6. The number of hydrogen-bond acceptors (Lipinski definition) is 5. The summed E-state index contributed by atoms with van der Waals surface area (Å²) in [6.07, 6.45) is -0.0871. The van der Waals surface area contributed by atoms with Gasteiger partial charge < -0.3 is 14.6 Å². The Balaban J connectivity index is 1.83. The van der Waals surface area contributed by atoms with Gasteiger partial charge in [-0.05, 0) is 48.9 Å². The molecule has 1 amide bonds. The fraction of sp³-hybridized carbons (Fsp3) is 0.333. The van der Waals surface area contributed by atoms with Gasteiger partial charge in [0.1, 0.15) is 11.6 Å². The summed E-state index contributed by atoms with van der Waals surface area (Å²) in [6.45, 7) is 6.13. The van der Waals surface area contributed by atoms with E-state index in [-0.39, 0.29) is 24.3 Å². The zero-order chi connectivity index (χ0) is 24.4. The van der Waals surface area contributed by atoms with E-state index in [1.54, 1.807) is 6.92 Å². The molecule has 0 saturated carbocycles. The van der Waals surface area contributed by atoms with E-state index in [4.69, 9.17) is 9.47 Å². The summed E-state index contributed by atoms with van der Waals surface area (Å²) >= 11 is 0. The standard InChI is InChI=1S/C27H28FNO5/c1-4-9-19-18-10-7-8-11-20(18)25(34-6-3)24-23(19)26(31)29(27(24)32)17-13-12-16(21(28)15-17)14-22(30)33-5-2/h7-8,10-13,15,27,32H,4-6,9,14H2,1-3H3. The van der Waals surface area contributed by atoms with Crippen LogP contribution in [0, 0.1) is 5.82 Å². The zero-order valence-electron chi connectivity index (χ0n) is 19.6. The summed E-state index contributed by atoms with van der Waals surface area (Å²) < 4.78 is 25.7. The number of halogens is 1. The molecule has 0 fully saturated rings. The average molecular weight is 466 g/mol. The number of aliphatic hydroxyl groups is 1. The normalized spacial score (nSPS) is 15.0. The molecule has 0 bridgehead atoms. The van der Waals surface area contributed by atoms with Gasteiger partial charge in [-0.3, -0.25) is 14.5 Å². The van der Waals surface area contributed by atoms with Crippen LogP contribution in [0.15, 0.2) is 42.5 Å². The predicted molar refractivity (Wildman–Crippen MR) is 128 cm³/mol. The van der Waals surface area contributed by atoms with E-state index < -0.39 is 23.9 Å². The Morgan fingerprint density at radius 3 is 2.47 bits per heavy atom. The highest BCUT2D eigenvalue weighted by Gasteiger charge is 2.42. The molecular weight excluding hydrogens is 437 g/mol. The van der Waals surface area contributed by atoms with Crippen LogP contribution >= 0.6 is 0 Å². The van der Waals surface area contributed by atoms with Crippen LogP contribution in [0.1, 0.15) is 60.5 Å². The van der Waals surface area contributed by atoms with Crippen molar-refractivity contribution in [1.29, 1.82) is 0 Å². The van der Waals surface area contributed by atoms with Crippen LogP contribution in [0.4, 0.5) is 10.1 Å². The molecule has 1 N–H and O–H groups in total. The van der Waals surface area contributed by atoms with Gasteiger partial charge in [-0.1, -0.05) is 43.7 Å². The van der Waals surface area contributed by atoms with Gasteiger partial charge >= 0.3 is 5.97 Å². The van der Waals surface area contributed by atoms with Crippen LogP contribution in [0.2, 0.25) is 0 Å². The Kier molecular flexibility index (Phi) is 6.84. The minimum atomic E-state index is -1.33. The highest BCUT2D eigenvalue weighted by molar-refractivity contribution is 6.16. The van der Waals surface area contributed by atoms with Gasteiger partial charge in [0, 0.05) is 11.1 Å². The van der Waals surface area contributed by atoms with Gasteiger partial charge in [-0.15, -0.1) is 0 Å². The van der Waals surface area contributed by atoms with Crippen LogP contribution < -0.4 is 9.64 Å². The fourth-order valence-corrected chi connectivity index (χ4v) is 4.62. The molecule has 0 aromatic heterocycles. The molecule has 0 aliphatic carbocycles. The highest BCUT2D eigenvalue weighted by atomic mass is 19.1. The van der Waals surface area contributed by atoms with Crippen LogP contribution in [-0.4, -0.2) is 30.2 Å². The number of nitrogens with zero attached hydrogens (tertiary/aromatic N) is 1. The van der Waals surface area contributed by atoms with Crippen molar-refractivity contribution >= 4 is 28.3 Å². The molecular formula is C27H28FNO5. The fourth-order valence-electron chi connectivity index (χ4n) is 4.62. The maximum Gasteiger partial charge on any atom is 0.310 e. The predicted octanol–water partition coefficient (Wildman–Crippen LogP) is 5.09. The minimum Gasteiger partial charge on any atom is -0.493 e. The van der Waals surface area contributed by atoms with E-state index in [1.165, 1.54) is 23.1 Å². The van der Waals surface area contributed by atoms with Crippen molar-refractivity contribution < 1.29 is 28.6 Å². The Labute approximate surface area is 197 Å². The van der Waals surface area contributed by atoms with Gasteiger partial charge in [-0.2, -0.15) is 0 Å². The Hall–Kier alpha value is -3.45. The van der Waals surface area contributed by atoms with Crippen LogP contribution in [0.3, 0.4) is 0 Å². The third kappa shape index (κ3) is 4.01. The SMILES string of the molecule is CCCc1c2c(c(OCC)c3ccccc13)C(O)N(c1ccc(CC(=O)OCC)c(F)c1)C2=O. The van der Waals surface area contributed by atoms with Crippen molar-refractivity contribution in [3.8, 4) is 5.75 Å². The van der Waals surface area contributed by atoms with E-state index in [0.717, 1.165) is 22.8 Å². The van der Waals surface area contributed by atoms with E-state index in [1.807, 2.05) is 38.1 Å². The molecule has 7 heteroatoms. The summed E-state index contributed by atoms with van der Waals surface area (Å²) in [4.78, 5) is 26.6. The molecule has 3 aromatic rings. The summed E-state index contributed by atoms with van der Waals surface area (Å²) in [5.41, 5.74) is 2.03. The molecule has 6 nitrogen and oxygen atoms in total. The summed E-state index contributed by atoms with van der Waals surface area (Å²) in [7, 11) is 0. The highest BCUT2D eigenvalue weighted by Crippen LogP contribution is 2.47. The second-order valence-corrected chi connectivity index (χ2v) is 8.13. The van der Waals surface area contributed by atoms with E-state index in [2.05, 4.69) is 0 Å². The first kappa shape index (κ1) is 23.7. The topological polar surface area (TPSA) is 76.1 Å². The first-order chi connectivity index (χ1) is 16.4. The number of ether oxygens (including phenoxy) is 2. The number of carbonyl (C=O) groups is 2. The van der Waals surface area contributed by atoms with Crippen molar-refractivity contribution in [1.82, 2.24) is 0 Å². The smallest absolute Gasteiger partial charge is 0.310 e. The second-order valence-electron chi connectivity index (χ2n) is 8.13. The third-order valence-electron chi connectivity index (χ3n) is 5.99. The molecule has 3 aromatic carbocycles. The van der Waals surface area contributed by atoms with Crippen molar-refractivity contribution in [3.63, 3.8) is 0 Å². The maximum atomic E-state index is 14.9. The van der Waals surface area contributed by atoms with E-state index >= 15 is 0 Å². The lowest BCUT2D eigenvalue weighted by Gasteiger charge is -2.22. The van der Waals surface area contributed by atoms with E-state index in [0.29, 0.717) is 29.9 Å². The Morgan fingerprint density at radius 2 is 1.82 bits per heavy atom. The largest absolute Gasteiger partial charge is 0.493 e. The summed E-state index contributed by atoms with van der Waals surface area (Å²) in [5, 5.41) is 13.1. The van der Waals surface area contributed by atoms with Gasteiger partial charge in [-0.25, -0.2) is 4.39 Å². The van der Waals surface area contributed by atoms with Gasteiger partial charge in [0.15, 0.2) is 6.23 Å². The molecule has 1 heterocycles. The number of fused-ring (bicyclic) bond motifs is 2. The number of esters is 1. The lowest BCUT2D eigenvalue weighted by Crippen LogP contribution is -2.28. The summed E-state index contributed by atoms with van der Waals surface area (Å²) in [6, 6.07) is 11.8. The van der Waals surface area contributed by atoms with Crippen molar-refractivity contribution in [3.05, 3.63) is 70.5 Å². The molecule has 0 saturated heterocycles. The van der Waals surface area contributed by atoms with Gasteiger partial charge in [0.05, 0.1) is 30.8 Å². The molecule has 4 rings (SSSR count). The van der Waals surface area contributed by atoms with Crippen molar-refractivity contribution in [2.75, 3.05) is 18.1 Å². The van der Waals surface area contributed by atoms with E-state index in [9.17, 15) is 19.1 Å². The third-order valence-corrected chi connectivity index (χ3v) is 5.99. The summed E-state index contributed by atoms with van der Waals surface area (Å²) in [5.74, 6) is -1.12. The number of aliphatic hydroxyl groups excluding tert-OH is 1. The molecule has 0 spiro atoms. The maximum absolute atomic E-state index is 14.9. The van der Waals surface area contributed by atoms with Gasteiger partial charge in [0.2, 0.25) is 0 Å². The number of amides is 1. The Bertz CT molecular complexity index is 1260. The number of aryl methyl sites for hydroxylation is 1. The lowest BCUT2D eigenvalue weighted by atomic mass is 9.91. The Morgan fingerprint density at radius 1 is 1.09 bits per heavy atom. The first-order valence-electron chi connectivity index (χ1n) is 11.6. The lowest BCUT2D eigenvalue weighted by molar-refractivity contribution is -0.142. The number of hydrogen-bond donors (Lipinski definition) is 1. The van der Waals surface area contributed by atoms with Crippen LogP contribution in [0.25, 0.3) is 10.8 Å². The molecule has 178 valence electrons. The molecule has 1 atom stereocenters. The monoisotopic (exact) mass is 465 g/mol. The minimum absolute atomic E-state index is 0.160. The quantitative estimate of drug-likeness (QED) is 0.469. The van der Waals surface area contributed by atoms with Crippen molar-refractivity contribution in [2.45, 2.75) is 46.3 Å².